The number of hydrogen-bond donors (Lipinski definition) is 5. The van der Waals surface area contributed by atoms with Gasteiger partial charge in [0.15, 0.2) is 0 Å². The molecule has 0 aliphatic heterocycles. The van der Waals surface area contributed by atoms with E-state index in [2.05, 4.69) is 43.5 Å². The normalized spacial score (nSPS) is 14.0. The molecule has 0 aromatic heterocycles. The Bertz CT molecular complexity index is 939. The Kier molecular flexibility index (Phi) is 49.8. The Hall–Kier alpha value is -1.21. The number of unbranched alkanes of at least 4 members (excludes halogenated alkanes) is 38. The maximum Gasteiger partial charge on any atom is 0.249 e. The van der Waals surface area contributed by atoms with Crippen LogP contribution < -0.4 is 5.32 Å². The van der Waals surface area contributed by atoms with Gasteiger partial charge >= 0.3 is 0 Å². The van der Waals surface area contributed by atoms with Crippen LogP contribution in [0.4, 0.5) is 0 Å². The fourth-order valence-electron chi connectivity index (χ4n) is 8.79. The van der Waals surface area contributed by atoms with Crippen molar-refractivity contribution in [3.63, 3.8) is 0 Å². The molecule has 0 radical (unpaired) electrons. The fourth-order valence-corrected chi connectivity index (χ4v) is 8.79. The second kappa shape index (κ2) is 50.8. The molecule has 0 bridgehead atoms. The minimum Gasteiger partial charge on any atom is -0.394 e. The summed E-state index contributed by atoms with van der Waals surface area (Å²) in [6.07, 6.45) is 61.0. The quantitative estimate of drug-likeness (QED) is 0.0309. The van der Waals surface area contributed by atoms with Gasteiger partial charge in [-0.2, -0.15) is 0 Å². The van der Waals surface area contributed by atoms with Crippen LogP contribution in [-0.2, 0) is 4.79 Å². The number of hydrogen-bond acceptors (Lipinski definition) is 5. The van der Waals surface area contributed by atoms with Crippen molar-refractivity contribution in [3.05, 3.63) is 24.3 Å². The van der Waals surface area contributed by atoms with Gasteiger partial charge in [-0.3, -0.25) is 4.79 Å². The van der Waals surface area contributed by atoms with Crippen LogP contribution in [0.15, 0.2) is 24.3 Å². The van der Waals surface area contributed by atoms with E-state index in [4.69, 9.17) is 0 Å². The lowest BCUT2D eigenvalue weighted by atomic mass is 9.99. The summed E-state index contributed by atoms with van der Waals surface area (Å²) in [6.45, 7) is 4.05. The van der Waals surface area contributed by atoms with Crippen molar-refractivity contribution < 1.29 is 25.2 Å². The summed E-state index contributed by atoms with van der Waals surface area (Å²) in [5.41, 5.74) is 0. The molecule has 368 valence electrons. The second-order valence-corrected chi connectivity index (χ2v) is 19.3. The van der Waals surface area contributed by atoms with Crippen LogP contribution in [0.2, 0.25) is 0 Å². The van der Waals surface area contributed by atoms with Gasteiger partial charge in [0.25, 0.3) is 0 Å². The van der Waals surface area contributed by atoms with Gasteiger partial charge in [0.05, 0.1) is 18.8 Å². The number of nitrogens with one attached hydrogen (secondary N) is 1. The van der Waals surface area contributed by atoms with Crippen molar-refractivity contribution in [2.75, 3.05) is 6.61 Å². The third kappa shape index (κ3) is 44.0. The van der Waals surface area contributed by atoms with Crippen molar-refractivity contribution in [1.29, 1.82) is 0 Å². The van der Waals surface area contributed by atoms with Crippen LogP contribution in [-0.4, -0.2) is 57.3 Å². The minimum absolute atomic E-state index is 0.358. The third-order valence-corrected chi connectivity index (χ3v) is 13.2. The fraction of sp³-hybridized carbons (Fsp3) is 0.911. The maximum absolute atomic E-state index is 12.6. The van der Waals surface area contributed by atoms with Gasteiger partial charge in [-0.15, -0.1) is 0 Å². The zero-order chi connectivity index (χ0) is 45.2. The molecule has 6 nitrogen and oxygen atoms in total. The summed E-state index contributed by atoms with van der Waals surface area (Å²) < 4.78 is 0. The lowest BCUT2D eigenvalue weighted by molar-refractivity contribution is -0.132. The highest BCUT2D eigenvalue weighted by Crippen LogP contribution is 2.18. The molecule has 0 heterocycles. The lowest BCUT2D eigenvalue weighted by Crippen LogP contribution is -2.53. The van der Waals surface area contributed by atoms with E-state index < -0.39 is 36.9 Å². The Morgan fingerprint density at radius 1 is 0.403 bits per heavy atom. The van der Waals surface area contributed by atoms with E-state index in [1.165, 1.54) is 212 Å². The first kappa shape index (κ1) is 60.8. The van der Waals surface area contributed by atoms with Crippen LogP contribution >= 0.6 is 0 Å². The zero-order valence-electron chi connectivity index (χ0n) is 41.6. The standard InChI is InChI=1S/C56H109NO5/c1-3-5-7-9-11-13-15-17-19-21-22-23-24-25-26-27-28-29-30-31-32-33-34-36-37-39-41-43-45-47-49-53(59)55(61)52(51-58)57-56(62)54(60)50-48-46-44-42-40-38-35-20-18-16-14-12-10-8-6-4-2/h12,14,18,20,52-55,58-61H,3-11,13,15-17,19,21-51H2,1-2H3,(H,57,62)/b14-12-,20-18-. The average molecular weight is 876 g/mol. The van der Waals surface area contributed by atoms with Crippen LogP contribution in [0.1, 0.15) is 296 Å². The molecule has 0 spiro atoms. The molecule has 4 atom stereocenters. The first-order valence-corrected chi connectivity index (χ1v) is 27.7. The van der Waals surface area contributed by atoms with Crippen molar-refractivity contribution >= 4 is 5.91 Å². The molecule has 0 aromatic carbocycles. The van der Waals surface area contributed by atoms with Crippen LogP contribution in [0, 0.1) is 0 Å². The highest BCUT2D eigenvalue weighted by atomic mass is 16.3. The summed E-state index contributed by atoms with van der Waals surface area (Å²) in [7, 11) is 0. The number of aliphatic hydroxyl groups excluding tert-OH is 4. The summed E-state index contributed by atoms with van der Waals surface area (Å²) in [5, 5.41) is 43.9. The van der Waals surface area contributed by atoms with E-state index in [-0.39, 0.29) is 0 Å². The number of rotatable bonds is 51. The van der Waals surface area contributed by atoms with E-state index in [1.54, 1.807) is 0 Å². The molecule has 62 heavy (non-hydrogen) atoms. The van der Waals surface area contributed by atoms with Crippen LogP contribution in [0.3, 0.4) is 0 Å². The van der Waals surface area contributed by atoms with Gasteiger partial charge in [-0.1, -0.05) is 276 Å². The molecule has 1 amide bonds. The highest BCUT2D eigenvalue weighted by Gasteiger charge is 2.28. The molecular weight excluding hydrogens is 767 g/mol. The number of carbonyl (C=O) groups is 1. The molecule has 0 rings (SSSR count). The van der Waals surface area contributed by atoms with Crippen molar-refractivity contribution in [3.8, 4) is 0 Å². The number of amides is 1. The van der Waals surface area contributed by atoms with Gasteiger partial charge in [0.2, 0.25) is 5.91 Å². The summed E-state index contributed by atoms with van der Waals surface area (Å²) in [5.74, 6) is -0.589. The predicted octanol–water partition coefficient (Wildman–Crippen LogP) is 15.9. The predicted molar refractivity (Wildman–Crippen MR) is 270 cm³/mol. The van der Waals surface area contributed by atoms with Crippen LogP contribution in [0.5, 0.6) is 0 Å². The van der Waals surface area contributed by atoms with Gasteiger partial charge in [-0.05, 0) is 44.9 Å². The molecule has 5 N–H and O–H groups in total. The molecule has 4 unspecified atom stereocenters. The maximum atomic E-state index is 12.6. The van der Waals surface area contributed by atoms with E-state index in [1.807, 2.05) is 0 Å². The van der Waals surface area contributed by atoms with Crippen LogP contribution in [0.25, 0.3) is 0 Å². The SMILES string of the molecule is CCCCC/C=C\C/C=C\CCCCCCCCC(O)C(=O)NC(CO)C(O)C(O)CCCCCCCCCCCCCCCCCCCCCCCCCCCCCCCC. The molecule has 6 heteroatoms. The van der Waals surface area contributed by atoms with E-state index >= 15 is 0 Å². The largest absolute Gasteiger partial charge is 0.394 e. The van der Waals surface area contributed by atoms with E-state index in [0.717, 1.165) is 57.8 Å². The number of carbonyl (C=O) groups excluding carboxylic acids is 1. The number of allylic oxidation sites excluding steroid dienone is 4. The first-order valence-electron chi connectivity index (χ1n) is 27.7. The smallest absolute Gasteiger partial charge is 0.249 e. The van der Waals surface area contributed by atoms with E-state index in [9.17, 15) is 25.2 Å². The van der Waals surface area contributed by atoms with Crippen molar-refractivity contribution in [1.82, 2.24) is 5.32 Å². The monoisotopic (exact) mass is 876 g/mol. The summed E-state index contributed by atoms with van der Waals surface area (Å²) in [4.78, 5) is 12.6. The zero-order valence-corrected chi connectivity index (χ0v) is 41.6. The van der Waals surface area contributed by atoms with Crippen molar-refractivity contribution in [2.24, 2.45) is 0 Å². The Morgan fingerprint density at radius 2 is 0.694 bits per heavy atom. The molecular formula is C56H109NO5. The molecule has 0 aliphatic carbocycles. The topological polar surface area (TPSA) is 110 Å². The Labute approximate surface area is 386 Å². The first-order chi connectivity index (χ1) is 30.5. The van der Waals surface area contributed by atoms with Gasteiger partial charge < -0.3 is 25.7 Å². The van der Waals surface area contributed by atoms with Gasteiger partial charge in [0.1, 0.15) is 12.2 Å². The van der Waals surface area contributed by atoms with Gasteiger partial charge in [0, 0.05) is 0 Å². The second-order valence-electron chi connectivity index (χ2n) is 19.3. The Morgan fingerprint density at radius 3 is 1.05 bits per heavy atom. The van der Waals surface area contributed by atoms with Crippen molar-refractivity contribution in [2.45, 2.75) is 321 Å². The summed E-state index contributed by atoms with van der Waals surface area (Å²) >= 11 is 0. The highest BCUT2D eigenvalue weighted by molar-refractivity contribution is 5.80. The Balaban J connectivity index is 3.58. The molecule has 0 aromatic rings. The third-order valence-electron chi connectivity index (χ3n) is 13.2. The molecule has 0 saturated heterocycles. The summed E-state index contributed by atoms with van der Waals surface area (Å²) in [6, 6.07) is -0.989. The average Bonchev–Trinajstić information content (AvgIpc) is 3.28. The number of aliphatic hydroxyl groups is 4. The lowest BCUT2D eigenvalue weighted by Gasteiger charge is -2.27. The molecule has 0 aliphatic rings. The molecule has 0 fully saturated rings. The van der Waals surface area contributed by atoms with E-state index in [0.29, 0.717) is 12.8 Å². The minimum atomic E-state index is -1.26. The molecule has 0 saturated carbocycles. The van der Waals surface area contributed by atoms with Gasteiger partial charge in [-0.25, -0.2) is 0 Å².